The molecule has 2 N–H and O–H groups in total. The zero-order chi connectivity index (χ0) is 13.8. The van der Waals surface area contributed by atoms with Gasteiger partial charge in [-0.25, -0.2) is 0 Å². The zero-order valence-corrected chi connectivity index (χ0v) is 10.9. The number of nitrogens with zero attached hydrogens (tertiary/aromatic N) is 1. The molecule has 0 bridgehead atoms. The molecule has 0 heterocycles. The number of carboxylic acid groups (broad SMARTS) is 1. The van der Waals surface area contributed by atoms with Crippen LogP contribution in [0, 0.1) is 0 Å². The van der Waals surface area contributed by atoms with E-state index in [1.165, 1.54) is 0 Å². The molecular weight excluding hydrogens is 232 g/mol. The van der Waals surface area contributed by atoms with Crippen LogP contribution in [0.3, 0.4) is 0 Å². The van der Waals surface area contributed by atoms with E-state index in [0.29, 0.717) is 13.0 Å². The third kappa shape index (κ3) is 9.45. The molecule has 0 aromatic rings. The van der Waals surface area contributed by atoms with Crippen LogP contribution in [0.5, 0.6) is 0 Å². The summed E-state index contributed by atoms with van der Waals surface area (Å²) >= 11 is 0. The van der Waals surface area contributed by atoms with Crippen molar-refractivity contribution in [2.75, 3.05) is 13.1 Å². The molecule has 18 heavy (non-hydrogen) atoms. The Labute approximate surface area is 108 Å². The molecule has 0 aromatic carbocycles. The summed E-state index contributed by atoms with van der Waals surface area (Å²) in [5, 5.41) is 11.2. The molecule has 0 aromatic heterocycles. The maximum absolute atomic E-state index is 11.3. The molecule has 0 rings (SSSR count). The summed E-state index contributed by atoms with van der Waals surface area (Å²) in [4.78, 5) is 23.5. The Hall–Kier alpha value is -1.78. The van der Waals surface area contributed by atoms with Gasteiger partial charge in [0.25, 0.3) is 0 Å². The van der Waals surface area contributed by atoms with Gasteiger partial charge in [-0.3, -0.25) is 9.59 Å². The fourth-order valence-corrected chi connectivity index (χ4v) is 1.40. The van der Waals surface area contributed by atoms with E-state index in [1.54, 1.807) is 6.20 Å². The third-order valence-electron chi connectivity index (χ3n) is 2.28. The van der Waals surface area contributed by atoms with Crippen molar-refractivity contribution in [2.24, 2.45) is 0 Å². The molecule has 0 saturated carbocycles. The molecular formula is C13H22N2O3. The molecule has 0 unspecified atom stereocenters. The molecule has 0 atom stereocenters. The average molecular weight is 254 g/mol. The number of hydrogen-bond acceptors (Lipinski definition) is 3. The van der Waals surface area contributed by atoms with Gasteiger partial charge in [-0.2, -0.15) is 0 Å². The molecule has 5 nitrogen and oxygen atoms in total. The summed E-state index contributed by atoms with van der Waals surface area (Å²) < 4.78 is 0. The van der Waals surface area contributed by atoms with E-state index in [-0.39, 0.29) is 18.7 Å². The Bertz CT molecular complexity index is 301. The van der Waals surface area contributed by atoms with Crippen molar-refractivity contribution in [3.8, 4) is 0 Å². The van der Waals surface area contributed by atoms with Crippen molar-refractivity contribution in [1.29, 1.82) is 0 Å². The fourth-order valence-electron chi connectivity index (χ4n) is 1.40. The summed E-state index contributed by atoms with van der Waals surface area (Å²) in [6.07, 6.45) is 7.09. The topological polar surface area (TPSA) is 69.6 Å². The van der Waals surface area contributed by atoms with Crippen LogP contribution in [0.4, 0.5) is 0 Å². The van der Waals surface area contributed by atoms with Gasteiger partial charge < -0.3 is 15.3 Å². The Morgan fingerprint density at radius 2 is 2.06 bits per heavy atom. The molecule has 5 heteroatoms. The van der Waals surface area contributed by atoms with Crippen LogP contribution in [0.2, 0.25) is 0 Å². The Morgan fingerprint density at radius 3 is 2.61 bits per heavy atom. The number of rotatable bonds is 10. The molecule has 0 radical (unpaired) electrons. The second-order valence-corrected chi connectivity index (χ2v) is 3.85. The van der Waals surface area contributed by atoms with Crippen LogP contribution in [0.1, 0.15) is 32.6 Å². The highest BCUT2D eigenvalue weighted by molar-refractivity contribution is 5.76. The number of hydrogen-bond donors (Lipinski definition) is 2. The van der Waals surface area contributed by atoms with E-state index in [1.807, 2.05) is 24.1 Å². The molecule has 0 spiro atoms. The van der Waals surface area contributed by atoms with E-state index in [9.17, 15) is 9.59 Å². The first-order valence-electron chi connectivity index (χ1n) is 6.09. The van der Waals surface area contributed by atoms with Crippen molar-refractivity contribution >= 4 is 11.9 Å². The van der Waals surface area contributed by atoms with Gasteiger partial charge in [-0.15, -0.1) is 0 Å². The summed E-state index contributed by atoms with van der Waals surface area (Å²) in [5.41, 5.74) is 0. The monoisotopic (exact) mass is 254 g/mol. The number of carbonyl (C=O) groups is 2. The highest BCUT2D eigenvalue weighted by Crippen LogP contribution is 1.96. The van der Waals surface area contributed by atoms with Gasteiger partial charge in [0.05, 0.1) is 0 Å². The lowest BCUT2D eigenvalue weighted by Gasteiger charge is -2.14. The average Bonchev–Trinajstić information content (AvgIpc) is 2.32. The van der Waals surface area contributed by atoms with E-state index < -0.39 is 5.97 Å². The lowest BCUT2D eigenvalue weighted by molar-refractivity contribution is -0.137. The van der Waals surface area contributed by atoms with Crippen LogP contribution in [0.25, 0.3) is 0 Å². The van der Waals surface area contributed by atoms with Gasteiger partial charge in [-0.05, 0) is 32.2 Å². The van der Waals surface area contributed by atoms with Crippen LogP contribution in [-0.2, 0) is 9.59 Å². The summed E-state index contributed by atoms with van der Waals surface area (Å²) in [7, 11) is 0. The molecule has 0 aliphatic carbocycles. The molecule has 102 valence electrons. The predicted octanol–water partition coefficient (Wildman–Crippen LogP) is 1.73. The van der Waals surface area contributed by atoms with Crippen LogP contribution in [0.15, 0.2) is 25.1 Å². The largest absolute Gasteiger partial charge is 0.481 e. The van der Waals surface area contributed by atoms with Gasteiger partial charge in [-0.1, -0.05) is 12.7 Å². The van der Waals surface area contributed by atoms with Crippen molar-refractivity contribution in [3.05, 3.63) is 25.1 Å². The van der Waals surface area contributed by atoms with Crippen molar-refractivity contribution < 1.29 is 14.7 Å². The Morgan fingerprint density at radius 1 is 1.33 bits per heavy atom. The number of aliphatic carboxylic acids is 1. The normalized spacial score (nSPS) is 10.3. The first kappa shape index (κ1) is 16.2. The molecule has 1 amide bonds. The summed E-state index contributed by atoms with van der Waals surface area (Å²) in [5.74, 6) is -0.955. The number of nitrogens with one attached hydrogen (secondary N) is 1. The van der Waals surface area contributed by atoms with Gasteiger partial charge in [0.15, 0.2) is 0 Å². The molecule has 0 aliphatic rings. The van der Waals surface area contributed by atoms with Crippen molar-refractivity contribution in [3.63, 3.8) is 0 Å². The lowest BCUT2D eigenvalue weighted by atomic mass is 10.2. The highest BCUT2D eigenvalue weighted by atomic mass is 16.4. The molecule has 0 fully saturated rings. The van der Waals surface area contributed by atoms with Crippen molar-refractivity contribution in [1.82, 2.24) is 10.2 Å². The van der Waals surface area contributed by atoms with Crippen molar-refractivity contribution in [2.45, 2.75) is 32.6 Å². The smallest absolute Gasteiger partial charge is 0.303 e. The predicted molar refractivity (Wildman–Crippen MR) is 70.8 cm³/mol. The zero-order valence-electron chi connectivity index (χ0n) is 10.9. The maximum Gasteiger partial charge on any atom is 0.303 e. The Balaban J connectivity index is 3.56. The molecule has 0 aliphatic heterocycles. The van der Waals surface area contributed by atoms with Gasteiger partial charge in [0.2, 0.25) is 5.91 Å². The van der Waals surface area contributed by atoms with Gasteiger partial charge >= 0.3 is 5.97 Å². The van der Waals surface area contributed by atoms with Crippen LogP contribution >= 0.6 is 0 Å². The van der Waals surface area contributed by atoms with E-state index in [4.69, 9.17) is 5.11 Å². The quantitative estimate of drug-likeness (QED) is 0.582. The Kier molecular flexibility index (Phi) is 9.35. The second-order valence-electron chi connectivity index (χ2n) is 3.85. The van der Waals surface area contributed by atoms with Crippen LogP contribution in [-0.4, -0.2) is 35.0 Å². The minimum absolute atomic E-state index is 0.0406. The number of allylic oxidation sites excluding steroid dienone is 1. The van der Waals surface area contributed by atoms with Gasteiger partial charge in [0, 0.05) is 25.9 Å². The molecule has 0 saturated heterocycles. The van der Waals surface area contributed by atoms with E-state index >= 15 is 0 Å². The first-order chi connectivity index (χ1) is 8.60. The maximum atomic E-state index is 11.3. The fraction of sp³-hybridized carbons (Fsp3) is 0.538. The first-order valence-corrected chi connectivity index (χ1v) is 6.09. The second kappa shape index (κ2) is 10.4. The SMILES string of the molecule is C=CN(/C=C\C)CCCNC(=O)CCCC(=O)O. The van der Waals surface area contributed by atoms with Crippen LogP contribution < -0.4 is 5.32 Å². The number of carbonyl (C=O) groups excluding carboxylic acids is 1. The summed E-state index contributed by atoms with van der Waals surface area (Å²) in [6.45, 7) is 7.00. The summed E-state index contributed by atoms with van der Waals surface area (Å²) in [6, 6.07) is 0. The lowest BCUT2D eigenvalue weighted by Crippen LogP contribution is -2.26. The minimum atomic E-state index is -0.865. The number of carboxylic acids is 1. The van der Waals surface area contributed by atoms with Gasteiger partial charge in [0.1, 0.15) is 0 Å². The number of amides is 1. The standard InChI is InChI=1S/C13H22N2O3/c1-3-10-15(4-2)11-6-9-14-12(16)7-5-8-13(17)18/h3-4,10H,2,5-9,11H2,1H3,(H,14,16)(H,17,18)/b10-3-. The van der Waals surface area contributed by atoms with E-state index in [2.05, 4.69) is 11.9 Å². The highest BCUT2D eigenvalue weighted by Gasteiger charge is 2.03. The van der Waals surface area contributed by atoms with E-state index in [0.717, 1.165) is 13.0 Å². The minimum Gasteiger partial charge on any atom is -0.481 e. The third-order valence-corrected chi connectivity index (χ3v) is 2.28.